The molecule has 2 saturated heterocycles. The van der Waals surface area contributed by atoms with Gasteiger partial charge in [0.05, 0.1) is 29.5 Å². The molecule has 0 aliphatic carbocycles. The normalized spacial score (nSPS) is 19.4. The molecule has 2 aliphatic heterocycles. The maximum atomic E-state index is 14.3. The van der Waals surface area contributed by atoms with Crippen molar-refractivity contribution in [3.63, 3.8) is 0 Å². The van der Waals surface area contributed by atoms with E-state index in [4.69, 9.17) is 11.2 Å². The zero-order valence-corrected chi connectivity index (χ0v) is 19.9. The first-order chi connectivity index (χ1) is 18.0. The molecular formula is C29H24F2N4O2. The molecular weight excluding hydrogens is 474 g/mol. The fourth-order valence-electron chi connectivity index (χ4n) is 5.39. The van der Waals surface area contributed by atoms with Crippen LogP contribution in [-0.2, 0) is 4.74 Å². The lowest BCUT2D eigenvalue weighted by molar-refractivity contribution is -0.00896. The number of rotatable bonds is 3. The van der Waals surface area contributed by atoms with Gasteiger partial charge in [0.15, 0.2) is 0 Å². The number of aromatic amines is 1. The molecule has 2 N–H and O–H groups in total. The zero-order valence-electron chi connectivity index (χ0n) is 19.9. The standard InChI is InChI=1S/C29H24F2N4O2/c1-2-17-13-32-14-24(29(17)36)18-3-4-25-22(11-18)28(35-7-5-26-27(16-35)37-8-6-33-26)23(15-34-25)19-9-20(30)12-21(31)10-19/h1,3-4,9-15,26-27,33H,5-8,16H2,(H,32,36)/t26?,27-/m1/s1. The van der Waals surface area contributed by atoms with Crippen molar-refractivity contribution in [2.24, 2.45) is 0 Å². The third-order valence-corrected chi connectivity index (χ3v) is 7.14. The first-order valence-electron chi connectivity index (χ1n) is 12.2. The first kappa shape index (κ1) is 23.3. The van der Waals surface area contributed by atoms with Crippen molar-refractivity contribution in [1.29, 1.82) is 0 Å². The van der Waals surface area contributed by atoms with Crippen LogP contribution in [0, 0.1) is 24.0 Å². The van der Waals surface area contributed by atoms with Gasteiger partial charge in [0.25, 0.3) is 0 Å². The van der Waals surface area contributed by atoms with E-state index < -0.39 is 11.6 Å². The molecule has 0 spiro atoms. The number of terminal acetylenes is 1. The minimum Gasteiger partial charge on any atom is -0.373 e. The number of H-pyrrole nitrogens is 1. The summed E-state index contributed by atoms with van der Waals surface area (Å²) in [4.78, 5) is 22.7. The third-order valence-electron chi connectivity index (χ3n) is 7.14. The summed E-state index contributed by atoms with van der Waals surface area (Å²) in [5.41, 5.74) is 3.60. The number of fused-ring (bicyclic) bond motifs is 2. The molecule has 4 aromatic rings. The highest BCUT2D eigenvalue weighted by Crippen LogP contribution is 2.40. The molecule has 0 bridgehead atoms. The second-order valence-electron chi connectivity index (χ2n) is 9.37. The van der Waals surface area contributed by atoms with Crippen LogP contribution in [0.2, 0.25) is 0 Å². The van der Waals surface area contributed by atoms with Gasteiger partial charge in [-0.3, -0.25) is 9.78 Å². The Morgan fingerprint density at radius 1 is 1.08 bits per heavy atom. The summed E-state index contributed by atoms with van der Waals surface area (Å²) in [6, 6.07) is 9.30. The minimum atomic E-state index is -0.661. The van der Waals surface area contributed by atoms with Crippen molar-refractivity contribution in [1.82, 2.24) is 15.3 Å². The van der Waals surface area contributed by atoms with E-state index >= 15 is 0 Å². The summed E-state index contributed by atoms with van der Waals surface area (Å²) < 4.78 is 34.6. The lowest BCUT2D eigenvalue weighted by Gasteiger charge is -2.43. The maximum Gasteiger partial charge on any atom is 0.204 e. The molecule has 8 heteroatoms. The number of hydrogen-bond acceptors (Lipinski definition) is 5. The number of halogens is 2. The maximum absolute atomic E-state index is 14.3. The van der Waals surface area contributed by atoms with Crippen LogP contribution in [-0.4, -0.2) is 48.4 Å². The van der Waals surface area contributed by atoms with Crippen molar-refractivity contribution >= 4 is 16.6 Å². The fourth-order valence-corrected chi connectivity index (χ4v) is 5.39. The Labute approximate surface area is 212 Å². The highest BCUT2D eigenvalue weighted by Gasteiger charge is 2.33. The summed E-state index contributed by atoms with van der Waals surface area (Å²) in [6.45, 7) is 2.78. The number of piperidine rings is 1. The predicted molar refractivity (Wildman–Crippen MR) is 139 cm³/mol. The van der Waals surface area contributed by atoms with Crippen LogP contribution >= 0.6 is 0 Å². The number of pyridine rings is 2. The van der Waals surface area contributed by atoms with Crippen LogP contribution in [0.25, 0.3) is 33.2 Å². The first-order valence-corrected chi connectivity index (χ1v) is 12.2. The van der Waals surface area contributed by atoms with E-state index in [1.165, 1.54) is 18.3 Å². The van der Waals surface area contributed by atoms with Gasteiger partial charge in [-0.1, -0.05) is 12.0 Å². The minimum absolute atomic E-state index is 0.0128. The van der Waals surface area contributed by atoms with Crippen molar-refractivity contribution < 1.29 is 13.5 Å². The molecule has 186 valence electrons. The Bertz CT molecular complexity index is 1590. The summed E-state index contributed by atoms with van der Waals surface area (Å²) >= 11 is 0. The van der Waals surface area contributed by atoms with Crippen LogP contribution in [0.15, 0.2) is 59.8 Å². The number of ether oxygens (including phenoxy) is 1. The molecule has 4 heterocycles. The SMILES string of the molecule is C#Cc1c[nH]cc(-c2ccc3ncc(-c4cc(F)cc(F)c4)c(N4CCC5NCCO[C@@H]5C4)c3c2)c1=O. The van der Waals surface area contributed by atoms with Crippen molar-refractivity contribution in [2.75, 3.05) is 31.1 Å². The van der Waals surface area contributed by atoms with E-state index in [-0.39, 0.29) is 23.1 Å². The molecule has 6 nitrogen and oxygen atoms in total. The second-order valence-corrected chi connectivity index (χ2v) is 9.37. The lowest BCUT2D eigenvalue weighted by Crippen LogP contribution is -2.57. The Kier molecular flexibility index (Phi) is 5.95. The van der Waals surface area contributed by atoms with E-state index in [0.29, 0.717) is 40.9 Å². The average molecular weight is 499 g/mol. The fraction of sp³-hybridized carbons (Fsp3) is 0.241. The van der Waals surface area contributed by atoms with Crippen LogP contribution < -0.4 is 15.6 Å². The van der Waals surface area contributed by atoms with Gasteiger partial charge >= 0.3 is 0 Å². The zero-order chi connectivity index (χ0) is 25.5. The number of nitrogens with one attached hydrogen (secondary N) is 2. The topological polar surface area (TPSA) is 70.2 Å². The molecule has 0 amide bonds. The molecule has 37 heavy (non-hydrogen) atoms. The van der Waals surface area contributed by atoms with Gasteiger partial charge in [0.1, 0.15) is 11.6 Å². The van der Waals surface area contributed by atoms with Gasteiger partial charge in [-0.15, -0.1) is 6.42 Å². The van der Waals surface area contributed by atoms with Crippen molar-refractivity contribution in [3.8, 4) is 34.6 Å². The molecule has 2 atom stereocenters. The number of nitrogens with zero attached hydrogens (tertiary/aromatic N) is 2. The van der Waals surface area contributed by atoms with Crippen molar-refractivity contribution in [3.05, 3.63) is 82.4 Å². The monoisotopic (exact) mass is 498 g/mol. The van der Waals surface area contributed by atoms with Gasteiger partial charge in [-0.05, 0) is 41.8 Å². The summed E-state index contributed by atoms with van der Waals surface area (Å²) in [5, 5.41) is 4.29. The third kappa shape index (κ3) is 4.26. The Balaban J connectivity index is 1.57. The molecule has 2 aromatic carbocycles. The van der Waals surface area contributed by atoms with Crippen LogP contribution in [0.1, 0.15) is 12.0 Å². The molecule has 2 fully saturated rings. The number of morpholine rings is 1. The van der Waals surface area contributed by atoms with Crippen LogP contribution in [0.4, 0.5) is 14.5 Å². The molecule has 1 unspecified atom stereocenters. The highest BCUT2D eigenvalue weighted by molar-refractivity contribution is 6.01. The highest BCUT2D eigenvalue weighted by atomic mass is 19.1. The van der Waals surface area contributed by atoms with Gasteiger partial charge in [0.2, 0.25) is 5.43 Å². The average Bonchev–Trinajstić information content (AvgIpc) is 2.91. The summed E-state index contributed by atoms with van der Waals surface area (Å²) in [7, 11) is 0. The Hall–Kier alpha value is -4.06. The molecule has 2 aromatic heterocycles. The predicted octanol–water partition coefficient (Wildman–Crippen LogP) is 4.08. The van der Waals surface area contributed by atoms with Crippen molar-refractivity contribution in [2.45, 2.75) is 18.6 Å². The molecule has 0 radical (unpaired) electrons. The molecule has 0 saturated carbocycles. The van der Waals surface area contributed by atoms with Gasteiger partial charge in [-0.25, -0.2) is 8.78 Å². The number of hydrogen-bond donors (Lipinski definition) is 2. The quantitative estimate of drug-likeness (QED) is 0.417. The van der Waals surface area contributed by atoms with Crippen LogP contribution in [0.3, 0.4) is 0 Å². The largest absolute Gasteiger partial charge is 0.373 e. The van der Waals surface area contributed by atoms with Gasteiger partial charge in [0, 0.05) is 66.8 Å². The van der Waals surface area contributed by atoms with E-state index in [2.05, 4.69) is 26.1 Å². The number of aromatic nitrogens is 2. The number of benzene rings is 2. The molecule has 6 rings (SSSR count). The lowest BCUT2D eigenvalue weighted by atomic mass is 9.94. The summed E-state index contributed by atoms with van der Waals surface area (Å²) in [6.07, 6.45) is 11.1. The van der Waals surface area contributed by atoms with E-state index in [9.17, 15) is 13.6 Å². The Morgan fingerprint density at radius 2 is 1.92 bits per heavy atom. The smallest absolute Gasteiger partial charge is 0.204 e. The van der Waals surface area contributed by atoms with Gasteiger partial charge in [-0.2, -0.15) is 0 Å². The van der Waals surface area contributed by atoms with E-state index in [1.54, 1.807) is 12.4 Å². The number of anilines is 1. The molecule has 2 aliphatic rings. The second kappa shape index (κ2) is 9.43. The van der Waals surface area contributed by atoms with Crippen LogP contribution in [0.5, 0.6) is 0 Å². The van der Waals surface area contributed by atoms with Gasteiger partial charge < -0.3 is 19.9 Å². The van der Waals surface area contributed by atoms with E-state index in [0.717, 1.165) is 36.7 Å². The summed E-state index contributed by atoms with van der Waals surface area (Å²) in [5.74, 6) is 1.10. The Morgan fingerprint density at radius 3 is 2.73 bits per heavy atom. The van der Waals surface area contributed by atoms with E-state index in [1.807, 2.05) is 18.2 Å².